The summed E-state index contributed by atoms with van der Waals surface area (Å²) in [5.41, 5.74) is 1.44. The smallest absolute Gasteiger partial charge is 0.336 e. The zero-order valence-electron chi connectivity index (χ0n) is 11.6. The van der Waals surface area contributed by atoms with Crippen LogP contribution in [0.2, 0.25) is 0 Å². The molecule has 0 aliphatic carbocycles. The minimum Gasteiger partial charge on any atom is -0.467 e. The number of thioether (sulfide) groups is 1. The van der Waals surface area contributed by atoms with Crippen molar-refractivity contribution < 1.29 is 14.3 Å². The minimum atomic E-state index is -0.428. The summed E-state index contributed by atoms with van der Waals surface area (Å²) < 4.78 is 10.2. The lowest BCUT2D eigenvalue weighted by Gasteiger charge is -2.32. The van der Waals surface area contributed by atoms with Gasteiger partial charge in [-0.25, -0.2) is 4.79 Å². The van der Waals surface area contributed by atoms with Crippen LogP contribution in [-0.2, 0) is 20.7 Å². The normalized spacial score (nSPS) is 26.2. The summed E-state index contributed by atoms with van der Waals surface area (Å²) in [5.74, 6) is -0.267. The number of ether oxygens (including phenoxy) is 2. The molecule has 0 saturated carbocycles. The second kappa shape index (κ2) is 6.16. The van der Waals surface area contributed by atoms with Crippen molar-refractivity contribution in [2.45, 2.75) is 22.7 Å². The molecule has 1 aromatic carbocycles. The first kappa shape index (κ1) is 13.9. The summed E-state index contributed by atoms with van der Waals surface area (Å²) in [6.45, 7) is 3.13. The molecule has 108 valence electrons. The number of methoxy groups -OCH3 is 1. The minimum absolute atomic E-state index is 0.267. The van der Waals surface area contributed by atoms with Gasteiger partial charge in [0.05, 0.1) is 13.7 Å². The first-order valence-corrected chi connectivity index (χ1v) is 7.80. The summed E-state index contributed by atoms with van der Waals surface area (Å²) in [5, 5.41) is 0.573. The number of fused-ring (bicyclic) bond motifs is 1. The summed E-state index contributed by atoms with van der Waals surface area (Å²) in [6.07, 6.45) is 0.684. The van der Waals surface area contributed by atoms with Crippen LogP contribution in [0.25, 0.3) is 0 Å². The van der Waals surface area contributed by atoms with E-state index in [0.29, 0.717) is 18.4 Å². The summed E-state index contributed by atoms with van der Waals surface area (Å²) in [4.78, 5) is 15.3. The van der Waals surface area contributed by atoms with E-state index in [2.05, 4.69) is 29.2 Å². The lowest BCUT2D eigenvalue weighted by molar-refractivity contribution is -0.159. The Labute approximate surface area is 123 Å². The molecule has 1 saturated heterocycles. The van der Waals surface area contributed by atoms with Crippen LogP contribution in [0.5, 0.6) is 0 Å². The Morgan fingerprint density at radius 1 is 1.50 bits per heavy atom. The number of nitrogens with zero attached hydrogens (tertiary/aromatic N) is 1. The number of hydrogen-bond acceptors (Lipinski definition) is 5. The standard InChI is InChI=1S/C15H19NO3S/c1-18-15(17)13-10-16(6-7-19-13)9-12-8-11-4-2-3-5-14(11)20-12/h2-5,12-13H,6-10H2,1H3. The third-order valence-electron chi connectivity index (χ3n) is 3.79. The van der Waals surface area contributed by atoms with Gasteiger partial charge >= 0.3 is 5.97 Å². The highest BCUT2D eigenvalue weighted by atomic mass is 32.2. The van der Waals surface area contributed by atoms with Crippen LogP contribution in [0.1, 0.15) is 5.56 Å². The van der Waals surface area contributed by atoms with Gasteiger partial charge in [0.25, 0.3) is 0 Å². The van der Waals surface area contributed by atoms with Crippen molar-refractivity contribution in [3.05, 3.63) is 29.8 Å². The van der Waals surface area contributed by atoms with Gasteiger partial charge in [-0.2, -0.15) is 0 Å². The topological polar surface area (TPSA) is 38.8 Å². The first-order valence-electron chi connectivity index (χ1n) is 6.92. The molecule has 2 aliphatic rings. The molecular formula is C15H19NO3S. The summed E-state index contributed by atoms with van der Waals surface area (Å²) in [6, 6.07) is 8.59. The highest BCUT2D eigenvalue weighted by Gasteiger charge is 2.30. The van der Waals surface area contributed by atoms with E-state index in [0.717, 1.165) is 19.5 Å². The molecule has 2 aliphatic heterocycles. The molecule has 0 radical (unpaired) electrons. The molecule has 1 fully saturated rings. The third kappa shape index (κ3) is 3.00. The zero-order valence-corrected chi connectivity index (χ0v) is 12.4. The van der Waals surface area contributed by atoms with Crippen molar-refractivity contribution in [1.29, 1.82) is 0 Å². The number of morpholine rings is 1. The average molecular weight is 293 g/mol. The van der Waals surface area contributed by atoms with Crippen LogP contribution < -0.4 is 0 Å². The third-order valence-corrected chi connectivity index (χ3v) is 5.09. The molecule has 0 aromatic heterocycles. The second-order valence-electron chi connectivity index (χ2n) is 5.19. The van der Waals surface area contributed by atoms with Crippen LogP contribution in [0.4, 0.5) is 0 Å². The van der Waals surface area contributed by atoms with Gasteiger partial charge in [0.1, 0.15) is 0 Å². The number of benzene rings is 1. The van der Waals surface area contributed by atoms with E-state index < -0.39 is 6.10 Å². The summed E-state index contributed by atoms with van der Waals surface area (Å²) in [7, 11) is 1.41. The van der Waals surface area contributed by atoms with Crippen LogP contribution >= 0.6 is 11.8 Å². The second-order valence-corrected chi connectivity index (χ2v) is 6.54. The van der Waals surface area contributed by atoms with Gasteiger partial charge in [-0.1, -0.05) is 18.2 Å². The molecular weight excluding hydrogens is 274 g/mol. The first-order chi connectivity index (χ1) is 9.76. The van der Waals surface area contributed by atoms with Crippen molar-refractivity contribution in [3.63, 3.8) is 0 Å². The Bertz CT molecular complexity index is 469. The largest absolute Gasteiger partial charge is 0.467 e. The van der Waals surface area contributed by atoms with Crippen molar-refractivity contribution in [2.24, 2.45) is 0 Å². The fourth-order valence-corrected chi connectivity index (χ4v) is 4.15. The van der Waals surface area contributed by atoms with E-state index in [1.54, 1.807) is 0 Å². The van der Waals surface area contributed by atoms with E-state index >= 15 is 0 Å². The van der Waals surface area contributed by atoms with Crippen molar-refractivity contribution in [1.82, 2.24) is 4.90 Å². The molecule has 2 unspecified atom stereocenters. The number of rotatable bonds is 3. The Morgan fingerprint density at radius 2 is 2.35 bits per heavy atom. The SMILES string of the molecule is COC(=O)C1CN(CC2Cc3ccccc3S2)CCO1. The van der Waals surface area contributed by atoms with E-state index in [4.69, 9.17) is 9.47 Å². The molecule has 0 amide bonds. The Kier molecular flexibility index (Phi) is 4.29. The van der Waals surface area contributed by atoms with Crippen LogP contribution in [-0.4, -0.2) is 55.6 Å². The van der Waals surface area contributed by atoms with Crippen LogP contribution in [0.15, 0.2) is 29.2 Å². The Morgan fingerprint density at radius 3 is 3.15 bits per heavy atom. The molecule has 20 heavy (non-hydrogen) atoms. The van der Waals surface area contributed by atoms with Crippen molar-refractivity contribution in [3.8, 4) is 0 Å². The summed E-state index contributed by atoms with van der Waals surface area (Å²) >= 11 is 1.95. The zero-order chi connectivity index (χ0) is 13.9. The Hall–Kier alpha value is -1.04. The monoisotopic (exact) mass is 293 g/mol. The Balaban J connectivity index is 1.56. The fraction of sp³-hybridized carbons (Fsp3) is 0.533. The van der Waals surface area contributed by atoms with Gasteiger partial charge in [0.15, 0.2) is 6.10 Å². The van der Waals surface area contributed by atoms with Gasteiger partial charge < -0.3 is 9.47 Å². The molecule has 2 atom stereocenters. The molecule has 2 heterocycles. The van der Waals surface area contributed by atoms with E-state index in [1.165, 1.54) is 17.6 Å². The van der Waals surface area contributed by atoms with Crippen LogP contribution in [0.3, 0.4) is 0 Å². The predicted octanol–water partition coefficient (Wildman–Crippen LogP) is 1.58. The van der Waals surface area contributed by atoms with Gasteiger partial charge in [0.2, 0.25) is 0 Å². The molecule has 0 N–H and O–H groups in total. The fourth-order valence-electron chi connectivity index (χ4n) is 2.79. The maximum atomic E-state index is 11.5. The lowest BCUT2D eigenvalue weighted by atomic mass is 10.1. The molecule has 3 rings (SSSR count). The van der Waals surface area contributed by atoms with Gasteiger partial charge in [-0.15, -0.1) is 11.8 Å². The number of esters is 1. The highest BCUT2D eigenvalue weighted by Crippen LogP contribution is 2.37. The molecule has 1 aromatic rings. The molecule has 0 spiro atoms. The molecule has 5 heteroatoms. The van der Waals surface area contributed by atoms with Gasteiger partial charge in [0, 0.05) is 29.8 Å². The number of carbonyl (C=O) groups excluding carboxylic acids is 1. The maximum Gasteiger partial charge on any atom is 0.336 e. The van der Waals surface area contributed by atoms with E-state index in [-0.39, 0.29) is 5.97 Å². The van der Waals surface area contributed by atoms with Gasteiger partial charge in [-0.05, 0) is 18.1 Å². The lowest BCUT2D eigenvalue weighted by Crippen LogP contribution is -2.48. The highest BCUT2D eigenvalue weighted by molar-refractivity contribution is 8.00. The quantitative estimate of drug-likeness (QED) is 0.791. The molecule has 0 bridgehead atoms. The van der Waals surface area contributed by atoms with E-state index in [1.807, 2.05) is 11.8 Å². The van der Waals surface area contributed by atoms with E-state index in [9.17, 15) is 4.79 Å². The van der Waals surface area contributed by atoms with Crippen LogP contribution in [0, 0.1) is 0 Å². The number of carbonyl (C=O) groups is 1. The maximum absolute atomic E-state index is 11.5. The molecule has 4 nitrogen and oxygen atoms in total. The number of hydrogen-bond donors (Lipinski definition) is 0. The predicted molar refractivity (Wildman–Crippen MR) is 78.0 cm³/mol. The average Bonchev–Trinajstić information content (AvgIpc) is 2.88. The van der Waals surface area contributed by atoms with Crippen molar-refractivity contribution in [2.75, 3.05) is 33.4 Å². The van der Waals surface area contributed by atoms with Gasteiger partial charge in [-0.3, -0.25) is 4.90 Å². The van der Waals surface area contributed by atoms with Crippen molar-refractivity contribution >= 4 is 17.7 Å².